The van der Waals surface area contributed by atoms with Crippen molar-refractivity contribution in [2.24, 2.45) is 0 Å². The highest BCUT2D eigenvalue weighted by molar-refractivity contribution is 7.86. The Balaban J connectivity index is 1.84. The highest BCUT2D eigenvalue weighted by Crippen LogP contribution is 2.14. The monoisotopic (exact) mass is 318 g/mol. The molecule has 0 atom stereocenters. The summed E-state index contributed by atoms with van der Waals surface area (Å²) in [6.45, 7) is 5.67. The van der Waals surface area contributed by atoms with Crippen molar-refractivity contribution in [2.45, 2.75) is 11.8 Å². The van der Waals surface area contributed by atoms with Crippen LogP contribution in [0.15, 0.2) is 60.0 Å². The van der Waals surface area contributed by atoms with Gasteiger partial charge in [-0.1, -0.05) is 42.5 Å². The smallest absolute Gasteiger partial charge is 0.297 e. The van der Waals surface area contributed by atoms with Gasteiger partial charge in [0, 0.05) is 0 Å². The third kappa shape index (κ3) is 4.44. The van der Waals surface area contributed by atoms with Crippen LogP contribution in [0.4, 0.5) is 0 Å². The molecule has 0 aromatic heterocycles. The Bertz CT molecular complexity index is 716. The van der Waals surface area contributed by atoms with Gasteiger partial charge in [-0.2, -0.15) is 8.42 Å². The Labute approximate surface area is 131 Å². The van der Waals surface area contributed by atoms with E-state index in [-0.39, 0.29) is 18.1 Å². The fourth-order valence-electron chi connectivity index (χ4n) is 1.78. The summed E-state index contributed by atoms with van der Waals surface area (Å²) in [4.78, 5) is 0.147. The van der Waals surface area contributed by atoms with E-state index in [1.54, 1.807) is 30.3 Å². The SMILES string of the molecule is C=Cc1ccc(OCCOS(=O)(=O)c2ccc(C)cc2)cc1. The second kappa shape index (κ2) is 7.24. The van der Waals surface area contributed by atoms with Gasteiger partial charge in [0.05, 0.1) is 4.90 Å². The summed E-state index contributed by atoms with van der Waals surface area (Å²) in [7, 11) is -3.74. The van der Waals surface area contributed by atoms with Gasteiger partial charge in [0.15, 0.2) is 0 Å². The molecule has 0 heterocycles. The third-order valence-corrected chi connectivity index (χ3v) is 4.34. The molecule has 0 saturated heterocycles. The molecule has 0 amide bonds. The quantitative estimate of drug-likeness (QED) is 0.580. The van der Waals surface area contributed by atoms with Crippen LogP contribution in [0.3, 0.4) is 0 Å². The van der Waals surface area contributed by atoms with Gasteiger partial charge < -0.3 is 4.74 Å². The molecule has 0 saturated carbocycles. The van der Waals surface area contributed by atoms with Crippen LogP contribution in [-0.4, -0.2) is 21.6 Å². The minimum Gasteiger partial charge on any atom is -0.491 e. The van der Waals surface area contributed by atoms with Crippen molar-refractivity contribution >= 4 is 16.2 Å². The molecule has 0 aliphatic heterocycles. The van der Waals surface area contributed by atoms with Crippen LogP contribution in [0.25, 0.3) is 6.08 Å². The van der Waals surface area contributed by atoms with E-state index in [2.05, 4.69) is 6.58 Å². The normalized spacial score (nSPS) is 11.1. The van der Waals surface area contributed by atoms with E-state index in [1.807, 2.05) is 19.1 Å². The van der Waals surface area contributed by atoms with E-state index in [4.69, 9.17) is 8.92 Å². The average molecular weight is 318 g/mol. The van der Waals surface area contributed by atoms with E-state index >= 15 is 0 Å². The summed E-state index contributed by atoms with van der Waals surface area (Å²) < 4.78 is 34.3. The van der Waals surface area contributed by atoms with E-state index in [9.17, 15) is 8.42 Å². The molecule has 0 aliphatic rings. The van der Waals surface area contributed by atoms with E-state index in [1.165, 1.54) is 12.1 Å². The summed E-state index contributed by atoms with van der Waals surface area (Å²) in [5.74, 6) is 0.655. The molecule has 116 valence electrons. The Kier molecular flexibility index (Phi) is 5.35. The maximum atomic E-state index is 11.9. The van der Waals surface area contributed by atoms with E-state index in [0.29, 0.717) is 5.75 Å². The van der Waals surface area contributed by atoms with Crippen molar-refractivity contribution in [1.29, 1.82) is 0 Å². The first kappa shape index (κ1) is 16.3. The number of ether oxygens (including phenoxy) is 1. The first-order valence-corrected chi connectivity index (χ1v) is 8.23. The predicted molar refractivity (Wildman–Crippen MR) is 86.3 cm³/mol. The molecule has 0 N–H and O–H groups in total. The molecule has 0 fully saturated rings. The van der Waals surface area contributed by atoms with Crippen LogP contribution in [-0.2, 0) is 14.3 Å². The lowest BCUT2D eigenvalue weighted by Gasteiger charge is -2.08. The average Bonchev–Trinajstić information content (AvgIpc) is 2.52. The molecular formula is C17H18O4S. The van der Waals surface area contributed by atoms with Crippen LogP contribution >= 0.6 is 0 Å². The molecule has 5 heteroatoms. The van der Waals surface area contributed by atoms with Gasteiger partial charge in [0.2, 0.25) is 0 Å². The standard InChI is InChI=1S/C17H18O4S/c1-3-15-6-8-16(9-7-15)20-12-13-21-22(18,19)17-10-4-14(2)5-11-17/h3-11H,1,12-13H2,2H3. The summed E-state index contributed by atoms with van der Waals surface area (Å²) in [5.41, 5.74) is 1.98. The first-order chi connectivity index (χ1) is 10.5. The molecule has 0 radical (unpaired) electrons. The predicted octanol–water partition coefficient (Wildman–Crippen LogP) is 3.42. The van der Waals surface area contributed by atoms with E-state index in [0.717, 1.165) is 11.1 Å². The van der Waals surface area contributed by atoms with Crippen molar-refractivity contribution in [3.63, 3.8) is 0 Å². The lowest BCUT2D eigenvalue weighted by atomic mass is 10.2. The number of aryl methyl sites for hydroxylation is 1. The van der Waals surface area contributed by atoms with Gasteiger partial charge in [-0.25, -0.2) is 0 Å². The molecule has 0 spiro atoms. The zero-order chi connectivity index (χ0) is 16.0. The maximum absolute atomic E-state index is 11.9. The maximum Gasteiger partial charge on any atom is 0.297 e. The molecule has 2 aromatic rings. The van der Waals surface area contributed by atoms with Crippen LogP contribution in [0.1, 0.15) is 11.1 Å². The fraction of sp³-hybridized carbons (Fsp3) is 0.176. The summed E-state index contributed by atoms with van der Waals surface area (Å²) >= 11 is 0. The second-order valence-electron chi connectivity index (χ2n) is 4.71. The van der Waals surface area contributed by atoms with Gasteiger partial charge in [0.1, 0.15) is 19.0 Å². The van der Waals surface area contributed by atoms with E-state index < -0.39 is 10.1 Å². The molecule has 0 aliphatic carbocycles. The molecule has 22 heavy (non-hydrogen) atoms. The largest absolute Gasteiger partial charge is 0.491 e. The van der Waals surface area contributed by atoms with Crippen molar-refractivity contribution in [3.05, 3.63) is 66.2 Å². The Hall–Kier alpha value is -2.11. The van der Waals surface area contributed by atoms with Crippen LogP contribution < -0.4 is 4.74 Å². The first-order valence-electron chi connectivity index (χ1n) is 6.83. The van der Waals surface area contributed by atoms with Gasteiger partial charge in [-0.05, 0) is 36.8 Å². The highest BCUT2D eigenvalue weighted by atomic mass is 32.2. The van der Waals surface area contributed by atoms with Crippen LogP contribution in [0, 0.1) is 6.92 Å². The number of hydrogen-bond donors (Lipinski definition) is 0. The zero-order valence-corrected chi connectivity index (χ0v) is 13.2. The van der Waals surface area contributed by atoms with Crippen molar-refractivity contribution in [2.75, 3.05) is 13.2 Å². The zero-order valence-electron chi connectivity index (χ0n) is 12.4. The minimum atomic E-state index is -3.74. The van der Waals surface area contributed by atoms with Gasteiger partial charge in [0.25, 0.3) is 10.1 Å². The molecule has 2 rings (SSSR count). The van der Waals surface area contributed by atoms with Crippen molar-refractivity contribution in [1.82, 2.24) is 0 Å². The van der Waals surface area contributed by atoms with Crippen LogP contribution in [0.5, 0.6) is 5.75 Å². The Morgan fingerprint density at radius 3 is 2.23 bits per heavy atom. The number of rotatable bonds is 7. The van der Waals surface area contributed by atoms with Gasteiger partial charge in [-0.15, -0.1) is 0 Å². The van der Waals surface area contributed by atoms with Gasteiger partial charge in [-0.3, -0.25) is 4.18 Å². The molecule has 0 bridgehead atoms. The molecule has 0 unspecified atom stereocenters. The number of hydrogen-bond acceptors (Lipinski definition) is 4. The highest BCUT2D eigenvalue weighted by Gasteiger charge is 2.14. The van der Waals surface area contributed by atoms with Crippen molar-refractivity contribution in [3.8, 4) is 5.75 Å². The Morgan fingerprint density at radius 2 is 1.64 bits per heavy atom. The lowest BCUT2D eigenvalue weighted by molar-refractivity contribution is 0.221. The molecular weight excluding hydrogens is 300 g/mol. The number of benzene rings is 2. The van der Waals surface area contributed by atoms with Gasteiger partial charge >= 0.3 is 0 Å². The second-order valence-corrected chi connectivity index (χ2v) is 6.33. The third-order valence-electron chi connectivity index (χ3n) is 3.02. The van der Waals surface area contributed by atoms with Crippen LogP contribution in [0.2, 0.25) is 0 Å². The topological polar surface area (TPSA) is 52.6 Å². The van der Waals surface area contributed by atoms with Crippen molar-refractivity contribution < 1.29 is 17.3 Å². The molecule has 2 aromatic carbocycles. The lowest BCUT2D eigenvalue weighted by Crippen LogP contribution is -2.13. The fourth-order valence-corrected chi connectivity index (χ4v) is 2.67. The Morgan fingerprint density at radius 1 is 1.00 bits per heavy atom. The minimum absolute atomic E-state index is 0.0422. The summed E-state index contributed by atoms with van der Waals surface area (Å²) in [6.07, 6.45) is 1.74. The summed E-state index contributed by atoms with van der Waals surface area (Å²) in [6, 6.07) is 13.8. The summed E-state index contributed by atoms with van der Waals surface area (Å²) in [5, 5.41) is 0. The molecule has 4 nitrogen and oxygen atoms in total.